The number of amides is 2. The minimum absolute atomic E-state index is 0. The fraction of sp³-hybridized carbons (Fsp3) is 0.290. The Hall–Kier alpha value is -4.46. The second-order valence-electron chi connectivity index (χ2n) is 9.23. The third kappa shape index (κ3) is 7.54. The van der Waals surface area contributed by atoms with Crippen LogP contribution in [0.4, 0.5) is 0 Å². The minimum Gasteiger partial charge on any atom is -0.496 e. The zero-order valence-corrected chi connectivity index (χ0v) is 22.6. The number of carbonyl (C=O) groups excluding carboxylic acids is 2. The van der Waals surface area contributed by atoms with E-state index in [1.165, 1.54) is 6.92 Å². The first-order valence-corrected chi connectivity index (χ1v) is 13.0. The lowest BCUT2D eigenvalue weighted by Gasteiger charge is -2.28. The highest BCUT2D eigenvalue weighted by atomic mass is 16.5. The first kappa shape index (κ1) is 27.6. The SMILES string of the molecule is CCOc1ccc(OCC(=O)NC(Cc2c[nH]c3ccccc23)CN(Cc2ccccc2OC)C(C)=O)cc1.[HH]. The van der Waals surface area contributed by atoms with Crippen LogP contribution >= 0.6 is 0 Å². The van der Waals surface area contributed by atoms with Crippen LogP contribution < -0.4 is 19.5 Å². The number of methoxy groups -OCH3 is 1. The van der Waals surface area contributed by atoms with E-state index in [4.69, 9.17) is 14.2 Å². The van der Waals surface area contributed by atoms with Crippen LogP contribution in [0.15, 0.2) is 79.0 Å². The Morgan fingerprint density at radius 1 is 0.949 bits per heavy atom. The second kappa shape index (κ2) is 13.4. The molecule has 0 fully saturated rings. The zero-order valence-electron chi connectivity index (χ0n) is 22.6. The molecule has 0 aliphatic carbocycles. The summed E-state index contributed by atoms with van der Waals surface area (Å²) in [5.41, 5.74) is 2.98. The summed E-state index contributed by atoms with van der Waals surface area (Å²) < 4.78 is 16.7. The summed E-state index contributed by atoms with van der Waals surface area (Å²) in [7, 11) is 1.61. The molecule has 4 rings (SSSR count). The van der Waals surface area contributed by atoms with E-state index in [2.05, 4.69) is 10.3 Å². The van der Waals surface area contributed by atoms with Crippen molar-refractivity contribution in [2.75, 3.05) is 26.9 Å². The summed E-state index contributed by atoms with van der Waals surface area (Å²) in [5.74, 6) is 1.67. The van der Waals surface area contributed by atoms with Gasteiger partial charge in [-0.15, -0.1) is 0 Å². The fourth-order valence-electron chi connectivity index (χ4n) is 4.55. The first-order valence-electron chi connectivity index (χ1n) is 13.0. The van der Waals surface area contributed by atoms with Gasteiger partial charge >= 0.3 is 0 Å². The average Bonchev–Trinajstić information content (AvgIpc) is 3.35. The molecule has 8 heteroatoms. The van der Waals surface area contributed by atoms with E-state index in [-0.39, 0.29) is 25.9 Å². The molecule has 3 aromatic carbocycles. The largest absolute Gasteiger partial charge is 0.496 e. The molecule has 0 saturated heterocycles. The molecule has 8 nitrogen and oxygen atoms in total. The highest BCUT2D eigenvalue weighted by Crippen LogP contribution is 2.22. The van der Waals surface area contributed by atoms with Crippen molar-refractivity contribution in [3.8, 4) is 17.2 Å². The molecule has 0 aliphatic rings. The summed E-state index contributed by atoms with van der Waals surface area (Å²) in [4.78, 5) is 30.7. The van der Waals surface area contributed by atoms with Gasteiger partial charge in [0, 0.05) is 44.1 Å². The van der Waals surface area contributed by atoms with Gasteiger partial charge in [0.15, 0.2) is 6.61 Å². The highest BCUT2D eigenvalue weighted by molar-refractivity contribution is 5.83. The van der Waals surface area contributed by atoms with Crippen LogP contribution in [0.1, 0.15) is 26.4 Å². The molecule has 206 valence electrons. The van der Waals surface area contributed by atoms with Crippen LogP contribution in [0.5, 0.6) is 17.2 Å². The number of carbonyl (C=O) groups is 2. The standard InChI is InChI=1S/C31H35N3O5.H2/c1-4-38-26-13-15-27(16-14-26)39-21-31(36)33-25(17-24-18-32-29-11-7-6-10-28(24)29)20-34(22(2)35)19-23-9-5-8-12-30(23)37-3;/h5-16,18,25,32H,4,17,19-21H2,1-3H3,(H,33,36);1H. The van der Waals surface area contributed by atoms with Gasteiger partial charge < -0.3 is 29.4 Å². The number of rotatable bonds is 13. The molecule has 1 aromatic heterocycles. The number of aromatic nitrogens is 1. The topological polar surface area (TPSA) is 92.9 Å². The lowest BCUT2D eigenvalue weighted by Crippen LogP contribution is -2.47. The third-order valence-electron chi connectivity index (χ3n) is 6.45. The Bertz CT molecular complexity index is 1390. The smallest absolute Gasteiger partial charge is 0.258 e. The first-order chi connectivity index (χ1) is 19.0. The number of nitrogens with zero attached hydrogens (tertiary/aromatic N) is 1. The number of ether oxygens (including phenoxy) is 3. The van der Waals surface area contributed by atoms with E-state index in [9.17, 15) is 9.59 Å². The average molecular weight is 532 g/mol. The number of para-hydroxylation sites is 2. The zero-order chi connectivity index (χ0) is 27.6. The van der Waals surface area contributed by atoms with E-state index in [1.807, 2.05) is 61.7 Å². The van der Waals surface area contributed by atoms with Crippen molar-refractivity contribution in [2.45, 2.75) is 32.9 Å². The van der Waals surface area contributed by atoms with Crippen molar-refractivity contribution in [1.82, 2.24) is 15.2 Å². The van der Waals surface area contributed by atoms with E-state index >= 15 is 0 Å². The van der Waals surface area contributed by atoms with Gasteiger partial charge in [-0.25, -0.2) is 0 Å². The van der Waals surface area contributed by atoms with Gasteiger partial charge in [0.05, 0.1) is 19.8 Å². The summed E-state index contributed by atoms with van der Waals surface area (Å²) in [6.45, 7) is 4.57. The highest BCUT2D eigenvalue weighted by Gasteiger charge is 2.22. The van der Waals surface area contributed by atoms with Gasteiger partial charge in [0.1, 0.15) is 17.2 Å². The van der Waals surface area contributed by atoms with Gasteiger partial charge in [0.2, 0.25) is 5.91 Å². The molecule has 1 atom stereocenters. The van der Waals surface area contributed by atoms with Crippen LogP contribution in [0.2, 0.25) is 0 Å². The van der Waals surface area contributed by atoms with Gasteiger partial charge in [-0.3, -0.25) is 9.59 Å². The Kier molecular flexibility index (Phi) is 9.45. The van der Waals surface area contributed by atoms with Crippen LogP contribution in [0, 0.1) is 0 Å². The van der Waals surface area contributed by atoms with Crippen molar-refractivity contribution in [2.24, 2.45) is 0 Å². The predicted octanol–water partition coefficient (Wildman–Crippen LogP) is 4.98. The molecule has 0 spiro atoms. The fourth-order valence-corrected chi connectivity index (χ4v) is 4.55. The van der Waals surface area contributed by atoms with Crippen molar-refractivity contribution in [1.29, 1.82) is 0 Å². The molecular formula is C31H37N3O5. The molecule has 1 heterocycles. The number of fused-ring (bicyclic) bond motifs is 1. The van der Waals surface area contributed by atoms with Crippen LogP contribution in [0.25, 0.3) is 10.9 Å². The molecule has 0 aliphatic heterocycles. The van der Waals surface area contributed by atoms with Gasteiger partial charge in [-0.1, -0.05) is 36.4 Å². The Morgan fingerprint density at radius 2 is 1.64 bits per heavy atom. The van der Waals surface area contributed by atoms with Crippen LogP contribution in [0.3, 0.4) is 0 Å². The number of H-pyrrole nitrogens is 1. The number of aromatic amines is 1. The van der Waals surface area contributed by atoms with E-state index in [0.717, 1.165) is 27.8 Å². The van der Waals surface area contributed by atoms with Crippen LogP contribution in [-0.4, -0.2) is 54.6 Å². The maximum atomic E-state index is 13.0. The number of benzene rings is 3. The Balaban J connectivity index is 0.00000441. The summed E-state index contributed by atoms with van der Waals surface area (Å²) in [6, 6.07) is 22.4. The van der Waals surface area contributed by atoms with Gasteiger partial charge in [0.25, 0.3) is 5.91 Å². The van der Waals surface area contributed by atoms with Gasteiger partial charge in [-0.2, -0.15) is 0 Å². The van der Waals surface area contributed by atoms with Crippen molar-refractivity contribution < 1.29 is 25.2 Å². The van der Waals surface area contributed by atoms with Crippen molar-refractivity contribution in [3.63, 3.8) is 0 Å². The molecule has 2 N–H and O–H groups in total. The number of nitrogens with one attached hydrogen (secondary N) is 2. The summed E-state index contributed by atoms with van der Waals surface area (Å²) in [6.07, 6.45) is 2.49. The van der Waals surface area contributed by atoms with Crippen molar-refractivity contribution in [3.05, 3.63) is 90.1 Å². The monoisotopic (exact) mass is 531 g/mol. The third-order valence-corrected chi connectivity index (χ3v) is 6.45. The van der Waals surface area contributed by atoms with Crippen LogP contribution in [-0.2, 0) is 22.6 Å². The molecular weight excluding hydrogens is 494 g/mol. The number of hydrogen-bond acceptors (Lipinski definition) is 5. The van der Waals surface area contributed by atoms with E-state index in [1.54, 1.807) is 36.3 Å². The normalized spacial score (nSPS) is 11.6. The minimum atomic E-state index is -0.348. The summed E-state index contributed by atoms with van der Waals surface area (Å²) >= 11 is 0. The molecule has 0 bridgehead atoms. The molecule has 0 saturated carbocycles. The molecule has 4 aromatic rings. The van der Waals surface area contributed by atoms with Gasteiger partial charge in [-0.05, 0) is 55.3 Å². The lowest BCUT2D eigenvalue weighted by atomic mass is 10.0. The van der Waals surface area contributed by atoms with E-state index < -0.39 is 0 Å². The predicted molar refractivity (Wildman–Crippen MR) is 153 cm³/mol. The Labute approximate surface area is 230 Å². The quantitative estimate of drug-likeness (QED) is 0.254. The van der Waals surface area contributed by atoms with E-state index in [0.29, 0.717) is 37.6 Å². The lowest BCUT2D eigenvalue weighted by molar-refractivity contribution is -0.131. The molecule has 0 radical (unpaired) electrons. The Morgan fingerprint density at radius 3 is 2.36 bits per heavy atom. The molecule has 39 heavy (non-hydrogen) atoms. The molecule has 2 amide bonds. The maximum absolute atomic E-state index is 13.0. The summed E-state index contributed by atoms with van der Waals surface area (Å²) in [5, 5.41) is 4.18. The molecule has 1 unspecified atom stereocenters. The second-order valence-corrected chi connectivity index (χ2v) is 9.23. The van der Waals surface area contributed by atoms with Crippen molar-refractivity contribution >= 4 is 22.7 Å². The number of hydrogen-bond donors (Lipinski definition) is 2. The maximum Gasteiger partial charge on any atom is 0.258 e.